The highest BCUT2D eigenvalue weighted by atomic mass is 19.1. The quantitative estimate of drug-likeness (QED) is 0.510. The number of hydrogen-bond donors (Lipinski definition) is 2. The van der Waals surface area contributed by atoms with Crippen LogP contribution >= 0.6 is 0 Å². The fourth-order valence-corrected chi connectivity index (χ4v) is 3.33. The first-order valence-electron chi connectivity index (χ1n) is 8.82. The number of carbonyl (C=O) groups is 4. The molecule has 0 aliphatic carbocycles. The molecule has 1 aromatic heterocycles. The number of amides is 4. The Morgan fingerprint density at radius 2 is 1.77 bits per heavy atom. The molecule has 1 fully saturated rings. The van der Waals surface area contributed by atoms with E-state index in [0.717, 1.165) is 6.07 Å². The number of aromatic nitrogens is 1. The maximum atomic E-state index is 14.2. The number of anilines is 1. The number of benzene rings is 2. The van der Waals surface area contributed by atoms with Gasteiger partial charge in [0.15, 0.2) is 0 Å². The fraction of sp³-hybridized carbons (Fsp3) is 0.0476. The number of carboxylic acid groups (broad SMARTS) is 1. The van der Waals surface area contributed by atoms with E-state index < -0.39 is 29.6 Å². The standard InChI is InChI=1S/C21H14FN3O5/c22-15-6-2-4-8-17(15)25-20(29)14(19(28)23-21(25)30)9-12-10-24(11-18(26)27)16-7-3-1-5-13(12)16/h1-10H,11H2,(H,26,27)(H,23,28,30)/b14-9+. The minimum Gasteiger partial charge on any atom is -0.480 e. The Morgan fingerprint density at radius 1 is 1.07 bits per heavy atom. The molecule has 8 nitrogen and oxygen atoms in total. The Balaban J connectivity index is 1.82. The Kier molecular flexibility index (Phi) is 4.63. The molecule has 1 aliphatic heterocycles. The zero-order valence-corrected chi connectivity index (χ0v) is 15.3. The lowest BCUT2D eigenvalue weighted by molar-refractivity contribution is -0.137. The van der Waals surface area contributed by atoms with Gasteiger partial charge in [0.2, 0.25) is 0 Å². The van der Waals surface area contributed by atoms with Crippen LogP contribution in [-0.4, -0.2) is 33.5 Å². The molecule has 2 heterocycles. The first kappa shape index (κ1) is 19.1. The van der Waals surface area contributed by atoms with E-state index in [1.54, 1.807) is 24.3 Å². The number of aliphatic carboxylic acids is 1. The van der Waals surface area contributed by atoms with E-state index in [4.69, 9.17) is 5.11 Å². The normalized spacial score (nSPS) is 15.7. The molecular formula is C21H14FN3O5. The summed E-state index contributed by atoms with van der Waals surface area (Å²) in [6.45, 7) is -0.316. The largest absolute Gasteiger partial charge is 0.480 e. The van der Waals surface area contributed by atoms with Crippen molar-refractivity contribution in [2.75, 3.05) is 4.90 Å². The summed E-state index contributed by atoms with van der Waals surface area (Å²) in [5.74, 6) is -3.76. The van der Waals surface area contributed by atoms with Crippen molar-refractivity contribution >= 4 is 46.5 Å². The van der Waals surface area contributed by atoms with Crippen LogP contribution in [0.1, 0.15) is 5.56 Å². The minimum absolute atomic E-state index is 0.285. The predicted octanol–water partition coefficient (Wildman–Crippen LogP) is 2.53. The first-order valence-corrected chi connectivity index (χ1v) is 8.82. The van der Waals surface area contributed by atoms with Crippen molar-refractivity contribution in [1.29, 1.82) is 0 Å². The van der Waals surface area contributed by atoms with Gasteiger partial charge in [-0.3, -0.25) is 19.7 Å². The van der Waals surface area contributed by atoms with Gasteiger partial charge >= 0.3 is 12.0 Å². The number of halogens is 1. The van der Waals surface area contributed by atoms with Gasteiger partial charge in [-0.15, -0.1) is 0 Å². The number of para-hydroxylation sites is 2. The molecule has 3 aromatic rings. The average Bonchev–Trinajstić information content (AvgIpc) is 3.03. The number of urea groups is 1. The van der Waals surface area contributed by atoms with Crippen LogP contribution < -0.4 is 10.2 Å². The second-order valence-corrected chi connectivity index (χ2v) is 6.53. The van der Waals surface area contributed by atoms with Crippen molar-refractivity contribution in [2.24, 2.45) is 0 Å². The van der Waals surface area contributed by atoms with Crippen molar-refractivity contribution < 1.29 is 28.7 Å². The summed E-state index contributed by atoms with van der Waals surface area (Å²) in [4.78, 5) is 49.2. The number of imide groups is 2. The van der Waals surface area contributed by atoms with Crippen LogP contribution in [0.25, 0.3) is 17.0 Å². The van der Waals surface area contributed by atoms with Crippen molar-refractivity contribution in [3.05, 3.63) is 71.7 Å². The van der Waals surface area contributed by atoms with Gasteiger partial charge in [-0.1, -0.05) is 30.3 Å². The van der Waals surface area contributed by atoms with Crippen LogP contribution in [0.15, 0.2) is 60.3 Å². The van der Waals surface area contributed by atoms with E-state index >= 15 is 0 Å². The maximum Gasteiger partial charge on any atom is 0.336 e. The Bertz CT molecular complexity index is 1260. The number of carboxylic acids is 1. The molecule has 1 aliphatic rings. The molecule has 9 heteroatoms. The van der Waals surface area contributed by atoms with Crippen LogP contribution in [0, 0.1) is 5.82 Å². The molecule has 0 saturated carbocycles. The summed E-state index contributed by atoms with van der Waals surface area (Å²) >= 11 is 0. The lowest BCUT2D eigenvalue weighted by Crippen LogP contribution is -2.54. The lowest BCUT2D eigenvalue weighted by atomic mass is 10.1. The Labute approximate surface area is 168 Å². The second-order valence-electron chi connectivity index (χ2n) is 6.53. The summed E-state index contributed by atoms with van der Waals surface area (Å²) in [5.41, 5.74) is 0.341. The summed E-state index contributed by atoms with van der Waals surface area (Å²) in [6, 6.07) is 11.0. The number of nitrogens with zero attached hydrogens (tertiary/aromatic N) is 2. The summed E-state index contributed by atoms with van der Waals surface area (Å²) in [5, 5.41) is 11.8. The molecule has 0 unspecified atom stereocenters. The molecular weight excluding hydrogens is 393 g/mol. The van der Waals surface area contributed by atoms with Crippen LogP contribution in [0.3, 0.4) is 0 Å². The molecule has 0 spiro atoms. The number of nitrogens with one attached hydrogen (secondary N) is 1. The number of carbonyl (C=O) groups excluding carboxylic acids is 3. The third-order valence-corrected chi connectivity index (χ3v) is 4.62. The van der Waals surface area contributed by atoms with Gasteiger partial charge in [0.1, 0.15) is 17.9 Å². The Morgan fingerprint density at radius 3 is 2.50 bits per heavy atom. The van der Waals surface area contributed by atoms with Gasteiger partial charge in [-0.25, -0.2) is 14.1 Å². The van der Waals surface area contributed by atoms with Gasteiger partial charge < -0.3 is 9.67 Å². The molecule has 0 bridgehead atoms. The van der Waals surface area contributed by atoms with Gasteiger partial charge in [0, 0.05) is 22.7 Å². The van der Waals surface area contributed by atoms with E-state index in [-0.39, 0.29) is 17.8 Å². The predicted molar refractivity (Wildman–Crippen MR) is 105 cm³/mol. The third-order valence-electron chi connectivity index (χ3n) is 4.62. The average molecular weight is 407 g/mol. The molecule has 30 heavy (non-hydrogen) atoms. The topological polar surface area (TPSA) is 109 Å². The monoisotopic (exact) mass is 407 g/mol. The van der Waals surface area contributed by atoms with Crippen LogP contribution in [-0.2, 0) is 20.9 Å². The van der Waals surface area contributed by atoms with Crippen molar-refractivity contribution in [2.45, 2.75) is 6.54 Å². The van der Waals surface area contributed by atoms with Gasteiger partial charge in [0.25, 0.3) is 11.8 Å². The molecule has 2 N–H and O–H groups in total. The van der Waals surface area contributed by atoms with Crippen LogP contribution in [0.2, 0.25) is 0 Å². The smallest absolute Gasteiger partial charge is 0.336 e. The molecule has 1 saturated heterocycles. The van der Waals surface area contributed by atoms with E-state index in [9.17, 15) is 23.6 Å². The highest BCUT2D eigenvalue weighted by Gasteiger charge is 2.38. The lowest BCUT2D eigenvalue weighted by Gasteiger charge is -2.26. The van der Waals surface area contributed by atoms with Crippen molar-refractivity contribution in [3.8, 4) is 0 Å². The second kappa shape index (κ2) is 7.28. The highest BCUT2D eigenvalue weighted by molar-refractivity contribution is 6.39. The summed E-state index contributed by atoms with van der Waals surface area (Å²) in [6.07, 6.45) is 2.76. The van der Waals surface area contributed by atoms with Gasteiger partial charge in [0.05, 0.1) is 5.69 Å². The van der Waals surface area contributed by atoms with Crippen LogP contribution in [0.5, 0.6) is 0 Å². The molecule has 0 radical (unpaired) electrons. The fourth-order valence-electron chi connectivity index (χ4n) is 3.33. The molecule has 4 rings (SSSR count). The van der Waals surface area contributed by atoms with E-state index in [1.165, 1.54) is 35.0 Å². The summed E-state index contributed by atoms with van der Waals surface area (Å²) < 4.78 is 15.6. The number of hydrogen-bond acceptors (Lipinski definition) is 4. The van der Waals surface area contributed by atoms with E-state index in [1.807, 2.05) is 5.32 Å². The minimum atomic E-state index is -1.06. The number of fused-ring (bicyclic) bond motifs is 1. The maximum absolute atomic E-state index is 14.2. The van der Waals surface area contributed by atoms with Gasteiger partial charge in [-0.2, -0.15) is 0 Å². The molecule has 150 valence electrons. The molecule has 0 atom stereocenters. The van der Waals surface area contributed by atoms with Crippen LogP contribution in [0.4, 0.5) is 14.9 Å². The first-order chi connectivity index (χ1) is 14.4. The SMILES string of the molecule is O=C(O)Cn1cc(/C=C2\C(=O)NC(=O)N(c3ccccc3F)C2=O)c2ccccc21. The number of barbiturate groups is 1. The molecule has 2 aromatic carbocycles. The zero-order chi connectivity index (χ0) is 21.4. The zero-order valence-electron chi connectivity index (χ0n) is 15.3. The number of rotatable bonds is 4. The van der Waals surface area contributed by atoms with E-state index in [0.29, 0.717) is 21.4 Å². The Hall–Kier alpha value is -4.27. The van der Waals surface area contributed by atoms with Gasteiger partial charge in [-0.05, 0) is 24.3 Å². The molecule has 4 amide bonds. The van der Waals surface area contributed by atoms with Crippen molar-refractivity contribution in [1.82, 2.24) is 9.88 Å². The highest BCUT2D eigenvalue weighted by Crippen LogP contribution is 2.27. The summed E-state index contributed by atoms with van der Waals surface area (Å²) in [7, 11) is 0. The van der Waals surface area contributed by atoms with E-state index in [2.05, 4.69) is 0 Å². The third kappa shape index (κ3) is 3.22. The van der Waals surface area contributed by atoms with Crippen molar-refractivity contribution in [3.63, 3.8) is 0 Å².